The number of carbonyl (C=O) groups excluding carboxylic acids is 2. The molecule has 0 fully saturated rings. The summed E-state index contributed by atoms with van der Waals surface area (Å²) in [5.41, 5.74) is 1.63. The molecule has 0 aromatic heterocycles. The van der Waals surface area contributed by atoms with Crippen LogP contribution in [0.4, 0.5) is 10.1 Å². The number of ether oxygens (including phenoxy) is 1. The first kappa shape index (κ1) is 34.6. The number of nitrogens with zero attached hydrogens (tertiary/aromatic N) is 2. The summed E-state index contributed by atoms with van der Waals surface area (Å²) in [5.74, 6) is -0.900. The van der Waals surface area contributed by atoms with Crippen LogP contribution in [0.25, 0.3) is 0 Å². The van der Waals surface area contributed by atoms with Gasteiger partial charge in [0.2, 0.25) is 11.8 Å². The molecule has 0 unspecified atom stereocenters. The number of benzene rings is 4. The second kappa shape index (κ2) is 15.9. The topological polar surface area (TPSA) is 96.0 Å². The van der Waals surface area contributed by atoms with E-state index in [1.54, 1.807) is 48.5 Å². The predicted octanol–water partition coefficient (Wildman–Crippen LogP) is 6.35. The van der Waals surface area contributed by atoms with Gasteiger partial charge in [-0.3, -0.25) is 13.9 Å². The van der Waals surface area contributed by atoms with Gasteiger partial charge >= 0.3 is 0 Å². The Kier molecular flexibility index (Phi) is 11.9. The number of halogens is 2. The number of carbonyl (C=O) groups is 2. The Morgan fingerprint density at radius 1 is 0.870 bits per heavy atom. The summed E-state index contributed by atoms with van der Waals surface area (Å²) in [6.07, 6.45) is 0.175. The second-order valence-electron chi connectivity index (χ2n) is 10.9. The Balaban J connectivity index is 1.80. The smallest absolute Gasteiger partial charge is 0.264 e. The minimum absolute atomic E-state index is 0.0131. The van der Waals surface area contributed by atoms with Crippen molar-refractivity contribution in [3.63, 3.8) is 0 Å². The zero-order valence-corrected chi connectivity index (χ0v) is 28.3. The van der Waals surface area contributed by atoms with Gasteiger partial charge in [0.1, 0.15) is 24.2 Å². The highest BCUT2D eigenvalue weighted by atomic mass is 79.9. The third kappa shape index (κ3) is 9.17. The molecule has 1 N–H and O–H groups in total. The van der Waals surface area contributed by atoms with E-state index >= 15 is 0 Å². The first-order valence-corrected chi connectivity index (χ1v) is 17.1. The summed E-state index contributed by atoms with van der Waals surface area (Å²) in [6.45, 7) is 5.25. The van der Waals surface area contributed by atoms with E-state index in [0.29, 0.717) is 22.4 Å². The third-order valence-electron chi connectivity index (χ3n) is 7.08. The van der Waals surface area contributed by atoms with Gasteiger partial charge in [-0.15, -0.1) is 0 Å². The number of sulfonamides is 1. The van der Waals surface area contributed by atoms with Gasteiger partial charge in [0.05, 0.1) is 17.2 Å². The summed E-state index contributed by atoms with van der Waals surface area (Å²) >= 11 is 3.34. The van der Waals surface area contributed by atoms with Gasteiger partial charge in [0, 0.05) is 23.5 Å². The second-order valence-corrected chi connectivity index (χ2v) is 13.7. The van der Waals surface area contributed by atoms with Crippen LogP contribution in [-0.2, 0) is 32.6 Å². The molecule has 0 bridgehead atoms. The first-order chi connectivity index (χ1) is 22.0. The molecule has 1 atom stereocenters. The van der Waals surface area contributed by atoms with E-state index in [9.17, 15) is 22.4 Å². The highest BCUT2D eigenvalue weighted by molar-refractivity contribution is 9.10. The molecule has 11 heteroatoms. The van der Waals surface area contributed by atoms with Crippen LogP contribution in [0.15, 0.2) is 112 Å². The Morgan fingerprint density at radius 3 is 2.09 bits per heavy atom. The maximum Gasteiger partial charge on any atom is 0.264 e. The zero-order valence-electron chi connectivity index (χ0n) is 25.9. The van der Waals surface area contributed by atoms with Crippen LogP contribution in [-0.4, -0.2) is 50.4 Å². The zero-order chi connectivity index (χ0) is 33.3. The van der Waals surface area contributed by atoms with Crippen molar-refractivity contribution in [3.8, 4) is 5.75 Å². The van der Waals surface area contributed by atoms with Crippen LogP contribution < -0.4 is 14.4 Å². The Labute approximate surface area is 278 Å². The average Bonchev–Trinajstić information content (AvgIpc) is 3.03. The van der Waals surface area contributed by atoms with Crippen molar-refractivity contribution in [1.29, 1.82) is 0 Å². The van der Waals surface area contributed by atoms with Crippen molar-refractivity contribution in [3.05, 3.63) is 125 Å². The van der Waals surface area contributed by atoms with Crippen molar-refractivity contribution in [2.75, 3.05) is 17.5 Å². The van der Waals surface area contributed by atoms with Crippen LogP contribution >= 0.6 is 15.9 Å². The molecule has 2 amide bonds. The molecule has 0 aliphatic rings. The van der Waals surface area contributed by atoms with Gasteiger partial charge in [0.15, 0.2) is 0 Å². The minimum Gasteiger partial charge on any atom is -0.494 e. The Morgan fingerprint density at radius 2 is 1.50 bits per heavy atom. The van der Waals surface area contributed by atoms with Gasteiger partial charge in [-0.2, -0.15) is 0 Å². The van der Waals surface area contributed by atoms with E-state index in [2.05, 4.69) is 21.2 Å². The number of nitrogens with one attached hydrogen (secondary N) is 1. The highest BCUT2D eigenvalue weighted by Crippen LogP contribution is 2.28. The molecule has 0 heterocycles. The van der Waals surface area contributed by atoms with E-state index in [1.165, 1.54) is 29.2 Å². The van der Waals surface area contributed by atoms with Gasteiger partial charge in [-0.1, -0.05) is 58.4 Å². The molecule has 46 heavy (non-hydrogen) atoms. The predicted molar refractivity (Wildman–Crippen MR) is 180 cm³/mol. The van der Waals surface area contributed by atoms with Gasteiger partial charge in [-0.05, 0) is 92.6 Å². The van der Waals surface area contributed by atoms with Crippen LogP contribution in [0.3, 0.4) is 0 Å². The lowest BCUT2D eigenvalue weighted by Crippen LogP contribution is -2.54. The SMILES string of the molecule is CCOc1ccc(N(CC(=O)N(Cc2ccc(F)cc2)[C@H](Cc2ccccc2)C(=O)NC(C)C)S(=O)(=O)c2ccc(Br)cc2)cc1. The summed E-state index contributed by atoms with van der Waals surface area (Å²) in [6, 6.07) is 26.2. The largest absolute Gasteiger partial charge is 0.494 e. The third-order valence-corrected chi connectivity index (χ3v) is 9.40. The Hall–Kier alpha value is -4.22. The molecule has 0 aliphatic carbocycles. The molecule has 0 saturated carbocycles. The summed E-state index contributed by atoms with van der Waals surface area (Å²) in [4.78, 5) is 29.6. The van der Waals surface area contributed by atoms with E-state index in [4.69, 9.17) is 4.74 Å². The van der Waals surface area contributed by atoms with Crippen molar-refractivity contribution in [1.82, 2.24) is 10.2 Å². The van der Waals surface area contributed by atoms with E-state index in [0.717, 1.165) is 9.87 Å². The molecule has 4 aromatic rings. The molecular formula is C35H37BrFN3O5S. The van der Waals surface area contributed by atoms with Crippen molar-refractivity contribution in [2.24, 2.45) is 0 Å². The quantitative estimate of drug-likeness (QED) is 0.165. The number of amides is 2. The molecule has 4 rings (SSSR count). The molecular weight excluding hydrogens is 673 g/mol. The number of hydrogen-bond acceptors (Lipinski definition) is 5. The van der Waals surface area contributed by atoms with Crippen LogP contribution in [0.1, 0.15) is 31.9 Å². The molecule has 0 spiro atoms. The maximum absolute atomic E-state index is 14.5. The first-order valence-electron chi connectivity index (χ1n) is 14.9. The monoisotopic (exact) mass is 709 g/mol. The normalized spacial score (nSPS) is 12.0. The van der Waals surface area contributed by atoms with Crippen molar-refractivity contribution >= 4 is 43.5 Å². The molecule has 242 valence electrons. The fourth-order valence-electron chi connectivity index (χ4n) is 4.86. The summed E-state index contributed by atoms with van der Waals surface area (Å²) < 4.78 is 49.4. The summed E-state index contributed by atoms with van der Waals surface area (Å²) in [5, 5.41) is 2.91. The lowest BCUT2D eigenvalue weighted by molar-refractivity contribution is -0.140. The lowest BCUT2D eigenvalue weighted by atomic mass is 10.0. The van der Waals surface area contributed by atoms with Crippen LogP contribution in [0.5, 0.6) is 5.75 Å². The molecule has 4 aromatic carbocycles. The van der Waals surface area contributed by atoms with Gasteiger partial charge in [0.25, 0.3) is 10.0 Å². The lowest BCUT2D eigenvalue weighted by Gasteiger charge is -2.34. The number of anilines is 1. The van der Waals surface area contributed by atoms with Crippen LogP contribution in [0.2, 0.25) is 0 Å². The maximum atomic E-state index is 14.5. The van der Waals surface area contributed by atoms with Gasteiger partial charge in [-0.25, -0.2) is 12.8 Å². The fourth-order valence-corrected chi connectivity index (χ4v) is 6.54. The molecule has 0 aliphatic heterocycles. The molecule has 0 saturated heterocycles. The average molecular weight is 711 g/mol. The fraction of sp³-hybridized carbons (Fsp3) is 0.257. The number of hydrogen-bond donors (Lipinski definition) is 1. The van der Waals surface area contributed by atoms with Crippen molar-refractivity contribution in [2.45, 2.75) is 50.7 Å². The number of rotatable bonds is 14. The van der Waals surface area contributed by atoms with Crippen LogP contribution in [0, 0.1) is 5.82 Å². The summed E-state index contributed by atoms with van der Waals surface area (Å²) in [7, 11) is -4.25. The Bertz CT molecular complexity index is 1700. The molecule has 0 radical (unpaired) electrons. The van der Waals surface area contributed by atoms with Gasteiger partial charge < -0.3 is 15.0 Å². The van der Waals surface area contributed by atoms with E-state index < -0.39 is 40.2 Å². The van der Waals surface area contributed by atoms with E-state index in [1.807, 2.05) is 51.1 Å². The minimum atomic E-state index is -4.25. The molecule has 8 nitrogen and oxygen atoms in total. The standard InChI is InChI=1S/C35H37BrFN3O5S/c1-4-45-31-18-16-30(17-19-31)40(46(43,44)32-20-12-28(36)13-21-32)24-34(41)39(23-27-10-14-29(37)15-11-27)33(35(42)38-25(2)3)22-26-8-6-5-7-9-26/h5-21,25,33H,4,22-24H2,1-3H3,(H,38,42)/t33-/m1/s1. The highest BCUT2D eigenvalue weighted by Gasteiger charge is 2.35. The van der Waals surface area contributed by atoms with E-state index in [-0.39, 0.29) is 29.6 Å². The van der Waals surface area contributed by atoms with Crippen molar-refractivity contribution < 1.29 is 27.1 Å².